The highest BCUT2D eigenvalue weighted by atomic mass is 16.5. The lowest BCUT2D eigenvalue weighted by molar-refractivity contribution is 0.211. The van der Waals surface area contributed by atoms with Gasteiger partial charge in [0.05, 0.1) is 0 Å². The Balaban J connectivity index is 1.76. The molecule has 3 nitrogen and oxygen atoms in total. The van der Waals surface area contributed by atoms with Gasteiger partial charge in [-0.3, -0.25) is 4.90 Å². The number of hydrogen-bond donors (Lipinski definition) is 1. The van der Waals surface area contributed by atoms with Crippen molar-refractivity contribution in [1.82, 2.24) is 4.90 Å². The van der Waals surface area contributed by atoms with Crippen LogP contribution in [-0.2, 0) is 6.54 Å². The van der Waals surface area contributed by atoms with Gasteiger partial charge in [-0.1, -0.05) is 25.1 Å². The van der Waals surface area contributed by atoms with E-state index in [1.165, 1.54) is 32.4 Å². The Labute approximate surface area is 116 Å². The Morgan fingerprint density at radius 3 is 2.95 bits per heavy atom. The minimum atomic E-state index is 0.539. The van der Waals surface area contributed by atoms with Gasteiger partial charge in [-0.15, -0.1) is 0 Å². The Morgan fingerprint density at radius 2 is 2.11 bits per heavy atom. The first-order chi connectivity index (χ1) is 9.29. The lowest BCUT2D eigenvalue weighted by Gasteiger charge is -2.20. The predicted octanol–water partition coefficient (Wildman–Crippen LogP) is 2.65. The van der Waals surface area contributed by atoms with Crippen LogP contribution in [0, 0.1) is 5.92 Å². The van der Waals surface area contributed by atoms with Crippen LogP contribution in [-0.4, -0.2) is 31.1 Å². The molecular weight excluding hydrogens is 236 g/mol. The number of ether oxygens (including phenoxy) is 1. The van der Waals surface area contributed by atoms with Crippen LogP contribution >= 0.6 is 0 Å². The van der Waals surface area contributed by atoms with Crippen LogP contribution < -0.4 is 10.5 Å². The molecule has 1 aliphatic heterocycles. The maximum atomic E-state index is 5.88. The van der Waals surface area contributed by atoms with Crippen molar-refractivity contribution in [3.05, 3.63) is 29.8 Å². The van der Waals surface area contributed by atoms with Gasteiger partial charge < -0.3 is 10.5 Å². The van der Waals surface area contributed by atoms with E-state index < -0.39 is 0 Å². The second-order valence-electron chi connectivity index (χ2n) is 5.54. The van der Waals surface area contributed by atoms with Crippen LogP contribution in [0.1, 0.15) is 31.7 Å². The summed E-state index contributed by atoms with van der Waals surface area (Å²) in [6.45, 7) is 7.10. The molecule has 19 heavy (non-hydrogen) atoms. The fourth-order valence-electron chi connectivity index (χ4n) is 2.64. The lowest BCUT2D eigenvalue weighted by Crippen LogP contribution is -2.29. The average Bonchev–Trinajstić information content (AvgIpc) is 2.64. The van der Waals surface area contributed by atoms with Crippen molar-refractivity contribution in [3.63, 3.8) is 0 Å². The van der Waals surface area contributed by atoms with Crippen molar-refractivity contribution in [2.45, 2.75) is 32.7 Å². The fraction of sp³-hybridized carbons (Fsp3) is 0.625. The third-order valence-electron chi connectivity index (χ3n) is 3.97. The van der Waals surface area contributed by atoms with E-state index in [0.717, 1.165) is 30.4 Å². The predicted molar refractivity (Wildman–Crippen MR) is 79.3 cm³/mol. The molecule has 1 atom stereocenters. The fourth-order valence-corrected chi connectivity index (χ4v) is 2.64. The monoisotopic (exact) mass is 262 g/mol. The quantitative estimate of drug-likeness (QED) is 0.886. The summed E-state index contributed by atoms with van der Waals surface area (Å²) < 4.78 is 5.88. The molecule has 0 saturated carbocycles. The third-order valence-corrected chi connectivity index (χ3v) is 3.97. The molecule has 0 aromatic heterocycles. The van der Waals surface area contributed by atoms with E-state index in [0.29, 0.717) is 6.54 Å². The van der Waals surface area contributed by atoms with Gasteiger partial charge in [-0.2, -0.15) is 0 Å². The van der Waals surface area contributed by atoms with Gasteiger partial charge in [0.15, 0.2) is 0 Å². The third kappa shape index (κ3) is 4.51. The summed E-state index contributed by atoms with van der Waals surface area (Å²) in [5, 5.41) is 0. The Kier molecular flexibility index (Phi) is 5.67. The van der Waals surface area contributed by atoms with Gasteiger partial charge in [0.25, 0.3) is 0 Å². The molecule has 0 aliphatic carbocycles. The first-order valence-corrected chi connectivity index (χ1v) is 7.42. The molecule has 2 N–H and O–H groups in total. The van der Waals surface area contributed by atoms with E-state index >= 15 is 0 Å². The van der Waals surface area contributed by atoms with Crippen molar-refractivity contribution in [3.8, 4) is 5.75 Å². The number of hydrogen-bond acceptors (Lipinski definition) is 3. The number of rotatable bonds is 5. The van der Waals surface area contributed by atoms with Crippen LogP contribution in [0.5, 0.6) is 5.75 Å². The Bertz CT molecular complexity index is 381. The van der Waals surface area contributed by atoms with E-state index in [1.807, 2.05) is 24.3 Å². The molecule has 1 saturated heterocycles. The zero-order valence-electron chi connectivity index (χ0n) is 12.0. The summed E-state index contributed by atoms with van der Waals surface area (Å²) in [6.07, 6.45) is 4.01. The van der Waals surface area contributed by atoms with Gasteiger partial charge in [-0.05, 0) is 44.3 Å². The highest BCUT2D eigenvalue weighted by Crippen LogP contribution is 2.18. The van der Waals surface area contributed by atoms with Crippen LogP contribution in [0.3, 0.4) is 0 Å². The summed E-state index contributed by atoms with van der Waals surface area (Å²) in [7, 11) is 0. The summed E-state index contributed by atoms with van der Waals surface area (Å²) >= 11 is 0. The molecule has 1 unspecified atom stereocenters. The van der Waals surface area contributed by atoms with Crippen LogP contribution in [0.4, 0.5) is 0 Å². The van der Waals surface area contributed by atoms with Crippen molar-refractivity contribution < 1.29 is 4.74 Å². The first kappa shape index (κ1) is 14.4. The van der Waals surface area contributed by atoms with Crippen LogP contribution in [0.15, 0.2) is 24.3 Å². The molecule has 3 heteroatoms. The Morgan fingerprint density at radius 1 is 1.26 bits per heavy atom. The van der Waals surface area contributed by atoms with Gasteiger partial charge >= 0.3 is 0 Å². The number of nitrogens with two attached hydrogens (primary N) is 1. The van der Waals surface area contributed by atoms with Crippen molar-refractivity contribution in [1.29, 1.82) is 0 Å². The summed E-state index contributed by atoms with van der Waals surface area (Å²) in [4.78, 5) is 2.52. The lowest BCUT2D eigenvalue weighted by atomic mass is 10.0. The first-order valence-electron chi connectivity index (χ1n) is 7.42. The zero-order valence-corrected chi connectivity index (χ0v) is 12.0. The van der Waals surface area contributed by atoms with Crippen molar-refractivity contribution in [2.75, 3.05) is 26.2 Å². The molecule has 1 aromatic carbocycles. The molecule has 1 aliphatic rings. The summed E-state index contributed by atoms with van der Waals surface area (Å²) in [6, 6.07) is 8.04. The minimum absolute atomic E-state index is 0.539. The number of para-hydroxylation sites is 1. The standard InChI is InChI=1S/C16H26N2O/c1-14-5-4-9-18(10-8-14)11-12-19-16-7-3-2-6-15(16)13-17/h2-3,6-7,14H,4-5,8-13,17H2,1H3. The minimum Gasteiger partial charge on any atom is -0.492 e. The molecule has 1 aromatic rings. The van der Waals surface area contributed by atoms with E-state index in [2.05, 4.69) is 11.8 Å². The molecule has 1 heterocycles. The van der Waals surface area contributed by atoms with E-state index in [4.69, 9.17) is 10.5 Å². The van der Waals surface area contributed by atoms with E-state index in [1.54, 1.807) is 0 Å². The molecule has 106 valence electrons. The number of benzene rings is 1. The number of likely N-dealkylation sites (tertiary alicyclic amines) is 1. The van der Waals surface area contributed by atoms with Gasteiger partial charge in [0.1, 0.15) is 12.4 Å². The second kappa shape index (κ2) is 7.51. The van der Waals surface area contributed by atoms with E-state index in [-0.39, 0.29) is 0 Å². The van der Waals surface area contributed by atoms with Gasteiger partial charge in [0.2, 0.25) is 0 Å². The van der Waals surface area contributed by atoms with Crippen LogP contribution in [0.2, 0.25) is 0 Å². The topological polar surface area (TPSA) is 38.5 Å². The second-order valence-corrected chi connectivity index (χ2v) is 5.54. The highest BCUT2D eigenvalue weighted by molar-refractivity contribution is 5.32. The average molecular weight is 262 g/mol. The highest BCUT2D eigenvalue weighted by Gasteiger charge is 2.13. The SMILES string of the molecule is CC1CCCN(CCOc2ccccc2CN)CC1. The van der Waals surface area contributed by atoms with E-state index in [9.17, 15) is 0 Å². The zero-order chi connectivity index (χ0) is 13.5. The van der Waals surface area contributed by atoms with Gasteiger partial charge in [0, 0.05) is 18.7 Å². The van der Waals surface area contributed by atoms with Crippen molar-refractivity contribution in [2.24, 2.45) is 11.7 Å². The maximum Gasteiger partial charge on any atom is 0.123 e. The summed E-state index contributed by atoms with van der Waals surface area (Å²) in [5.41, 5.74) is 6.80. The normalized spacial score (nSPS) is 21.1. The summed E-state index contributed by atoms with van der Waals surface area (Å²) in [5.74, 6) is 1.82. The van der Waals surface area contributed by atoms with Crippen LogP contribution in [0.25, 0.3) is 0 Å². The Hall–Kier alpha value is -1.06. The largest absolute Gasteiger partial charge is 0.492 e. The van der Waals surface area contributed by atoms with Gasteiger partial charge in [-0.25, -0.2) is 0 Å². The molecule has 0 radical (unpaired) electrons. The molecular formula is C16H26N2O. The molecule has 0 amide bonds. The smallest absolute Gasteiger partial charge is 0.123 e. The maximum absolute atomic E-state index is 5.88. The molecule has 0 spiro atoms. The molecule has 0 bridgehead atoms. The number of nitrogens with zero attached hydrogens (tertiary/aromatic N) is 1. The van der Waals surface area contributed by atoms with Crippen molar-refractivity contribution >= 4 is 0 Å². The molecule has 1 fully saturated rings. The molecule has 2 rings (SSSR count).